The van der Waals surface area contributed by atoms with Gasteiger partial charge in [0.05, 0.1) is 0 Å². The Labute approximate surface area is 165 Å². The van der Waals surface area contributed by atoms with Crippen LogP contribution in [0.15, 0.2) is 48.5 Å². The van der Waals surface area contributed by atoms with Crippen molar-refractivity contribution < 1.29 is 4.79 Å². The van der Waals surface area contributed by atoms with Gasteiger partial charge in [-0.3, -0.25) is 4.79 Å². The van der Waals surface area contributed by atoms with Gasteiger partial charge in [0.15, 0.2) is 0 Å². The summed E-state index contributed by atoms with van der Waals surface area (Å²) in [5, 5.41) is 9.32. The Bertz CT molecular complexity index is 962. The normalized spacial score (nSPS) is 10.4. The monoisotopic (exact) mass is 375 g/mol. The highest BCUT2D eigenvalue weighted by Crippen LogP contribution is 2.19. The van der Waals surface area contributed by atoms with Gasteiger partial charge in [0.2, 0.25) is 5.95 Å². The molecule has 0 atom stereocenters. The minimum absolute atomic E-state index is 0.121. The summed E-state index contributed by atoms with van der Waals surface area (Å²) in [5.41, 5.74) is 5.25. The maximum atomic E-state index is 12.5. The number of nitrogens with one attached hydrogen (secondary N) is 3. The number of hydrogen-bond donors (Lipinski definition) is 3. The first-order valence-corrected chi connectivity index (χ1v) is 9.29. The number of aromatic nitrogens is 2. The van der Waals surface area contributed by atoms with Crippen LogP contribution in [0.2, 0.25) is 0 Å². The number of carbonyl (C=O) groups excluding carboxylic acids is 1. The number of aryl methyl sites for hydroxylation is 3. The molecule has 0 aliphatic rings. The zero-order valence-electron chi connectivity index (χ0n) is 16.6. The predicted octanol–water partition coefficient (Wildman–Crippen LogP) is 4.83. The maximum Gasteiger partial charge on any atom is 0.255 e. The Morgan fingerprint density at radius 1 is 0.893 bits per heavy atom. The molecule has 0 fully saturated rings. The third-order valence-electron chi connectivity index (χ3n) is 4.09. The van der Waals surface area contributed by atoms with Gasteiger partial charge < -0.3 is 16.0 Å². The molecule has 2 aromatic carbocycles. The van der Waals surface area contributed by atoms with E-state index < -0.39 is 0 Å². The van der Waals surface area contributed by atoms with Gasteiger partial charge in [-0.05, 0) is 64.1 Å². The lowest BCUT2D eigenvalue weighted by Gasteiger charge is -2.10. The van der Waals surface area contributed by atoms with Crippen LogP contribution in [0.4, 0.5) is 23.1 Å². The van der Waals surface area contributed by atoms with E-state index in [4.69, 9.17) is 0 Å². The highest BCUT2D eigenvalue weighted by Gasteiger charge is 2.08. The average molecular weight is 375 g/mol. The molecule has 0 saturated carbocycles. The first kappa shape index (κ1) is 19.4. The number of rotatable bonds is 6. The lowest BCUT2D eigenvalue weighted by molar-refractivity contribution is 0.102. The van der Waals surface area contributed by atoms with Crippen LogP contribution < -0.4 is 16.0 Å². The minimum Gasteiger partial charge on any atom is -0.370 e. The summed E-state index contributed by atoms with van der Waals surface area (Å²) >= 11 is 0. The van der Waals surface area contributed by atoms with Crippen LogP contribution in [0.3, 0.4) is 0 Å². The summed E-state index contributed by atoms with van der Waals surface area (Å²) in [7, 11) is 0. The van der Waals surface area contributed by atoms with E-state index in [-0.39, 0.29) is 5.91 Å². The molecule has 1 amide bonds. The molecule has 0 spiro atoms. The van der Waals surface area contributed by atoms with Gasteiger partial charge in [-0.25, -0.2) is 4.98 Å². The summed E-state index contributed by atoms with van der Waals surface area (Å²) < 4.78 is 0. The number of benzene rings is 2. The highest BCUT2D eigenvalue weighted by atomic mass is 16.1. The van der Waals surface area contributed by atoms with Crippen molar-refractivity contribution in [2.24, 2.45) is 0 Å². The largest absolute Gasteiger partial charge is 0.370 e. The Morgan fingerprint density at radius 2 is 1.54 bits per heavy atom. The van der Waals surface area contributed by atoms with Crippen molar-refractivity contribution >= 4 is 29.0 Å². The first-order chi connectivity index (χ1) is 13.4. The molecule has 0 radical (unpaired) electrons. The molecule has 28 heavy (non-hydrogen) atoms. The van der Waals surface area contributed by atoms with Crippen molar-refractivity contribution in [3.8, 4) is 0 Å². The van der Waals surface area contributed by atoms with Crippen LogP contribution in [0, 0.1) is 20.8 Å². The van der Waals surface area contributed by atoms with Gasteiger partial charge in [0.1, 0.15) is 5.82 Å². The molecule has 0 aliphatic carbocycles. The fourth-order valence-corrected chi connectivity index (χ4v) is 2.97. The predicted molar refractivity (Wildman–Crippen MR) is 115 cm³/mol. The lowest BCUT2D eigenvalue weighted by Crippen LogP contribution is -2.12. The summed E-state index contributed by atoms with van der Waals surface area (Å²) in [5.74, 6) is 1.20. The van der Waals surface area contributed by atoms with Crippen molar-refractivity contribution in [2.75, 3.05) is 22.5 Å². The fraction of sp³-hybridized carbons (Fsp3) is 0.227. The Kier molecular flexibility index (Phi) is 5.89. The van der Waals surface area contributed by atoms with Crippen LogP contribution in [0.25, 0.3) is 0 Å². The van der Waals surface area contributed by atoms with E-state index >= 15 is 0 Å². The number of nitrogens with zero attached hydrogens (tertiary/aromatic N) is 2. The zero-order chi connectivity index (χ0) is 20.1. The number of amides is 1. The van der Waals surface area contributed by atoms with E-state index in [0.717, 1.165) is 40.6 Å². The van der Waals surface area contributed by atoms with Gasteiger partial charge >= 0.3 is 0 Å². The molecule has 1 heterocycles. The Morgan fingerprint density at radius 3 is 2.18 bits per heavy atom. The van der Waals surface area contributed by atoms with Gasteiger partial charge in [-0.2, -0.15) is 4.98 Å². The number of hydrogen-bond acceptors (Lipinski definition) is 5. The molecule has 3 N–H and O–H groups in total. The molecule has 6 heteroatoms. The third-order valence-corrected chi connectivity index (χ3v) is 4.09. The van der Waals surface area contributed by atoms with E-state index in [1.807, 2.05) is 76.2 Å². The molecule has 6 nitrogen and oxygen atoms in total. The van der Waals surface area contributed by atoms with Crippen LogP contribution in [0.1, 0.15) is 34.1 Å². The standard InChI is InChI=1S/C22H25N5O/c1-5-23-20-13-16(4)24-22(27-20)26-19-8-6-18(7-9-19)25-21(28)17-11-14(2)10-15(3)12-17/h6-13H,5H2,1-4H3,(H,25,28)(H2,23,24,26,27). The molecule has 0 aliphatic heterocycles. The van der Waals surface area contributed by atoms with Crippen molar-refractivity contribution in [1.82, 2.24) is 9.97 Å². The van der Waals surface area contributed by atoms with Gasteiger partial charge in [0.25, 0.3) is 5.91 Å². The second-order valence-corrected chi connectivity index (χ2v) is 6.78. The highest BCUT2D eigenvalue weighted by molar-refractivity contribution is 6.04. The Balaban J connectivity index is 1.69. The second-order valence-electron chi connectivity index (χ2n) is 6.78. The molecule has 1 aromatic heterocycles. The molecular weight excluding hydrogens is 350 g/mol. The van der Waals surface area contributed by atoms with Crippen molar-refractivity contribution in [2.45, 2.75) is 27.7 Å². The molecule has 0 bridgehead atoms. The fourth-order valence-electron chi connectivity index (χ4n) is 2.97. The summed E-state index contributed by atoms with van der Waals surface area (Å²) in [4.78, 5) is 21.3. The van der Waals surface area contributed by atoms with E-state index in [0.29, 0.717) is 11.5 Å². The first-order valence-electron chi connectivity index (χ1n) is 9.29. The molecule has 144 valence electrons. The Hall–Kier alpha value is -3.41. The zero-order valence-corrected chi connectivity index (χ0v) is 16.6. The smallest absolute Gasteiger partial charge is 0.255 e. The third kappa shape index (κ3) is 5.07. The number of anilines is 4. The molecule has 0 unspecified atom stereocenters. The lowest BCUT2D eigenvalue weighted by atomic mass is 10.1. The van der Waals surface area contributed by atoms with Crippen molar-refractivity contribution in [1.29, 1.82) is 0 Å². The van der Waals surface area contributed by atoms with Gasteiger partial charge in [-0.15, -0.1) is 0 Å². The molecule has 3 rings (SSSR count). The van der Waals surface area contributed by atoms with Crippen LogP contribution in [-0.4, -0.2) is 22.4 Å². The summed E-state index contributed by atoms with van der Waals surface area (Å²) in [6, 6.07) is 15.2. The quantitative estimate of drug-likeness (QED) is 0.575. The molecule has 3 aromatic rings. The maximum absolute atomic E-state index is 12.5. The average Bonchev–Trinajstić information content (AvgIpc) is 2.62. The van der Waals surface area contributed by atoms with Crippen molar-refractivity contribution in [3.63, 3.8) is 0 Å². The SMILES string of the molecule is CCNc1cc(C)nc(Nc2ccc(NC(=O)c3cc(C)cc(C)c3)cc2)n1. The summed E-state index contributed by atoms with van der Waals surface area (Å²) in [6.45, 7) is 8.72. The molecular formula is C22H25N5O. The van der Waals surface area contributed by atoms with Crippen LogP contribution in [0.5, 0.6) is 0 Å². The van der Waals surface area contributed by atoms with E-state index in [1.165, 1.54) is 0 Å². The van der Waals surface area contributed by atoms with Crippen LogP contribution >= 0.6 is 0 Å². The topological polar surface area (TPSA) is 78.9 Å². The molecule has 0 saturated heterocycles. The van der Waals surface area contributed by atoms with E-state index in [2.05, 4.69) is 25.9 Å². The van der Waals surface area contributed by atoms with Gasteiger partial charge in [0, 0.05) is 35.2 Å². The minimum atomic E-state index is -0.121. The summed E-state index contributed by atoms with van der Waals surface area (Å²) in [6.07, 6.45) is 0. The van der Waals surface area contributed by atoms with Gasteiger partial charge in [-0.1, -0.05) is 17.2 Å². The van der Waals surface area contributed by atoms with Crippen LogP contribution in [-0.2, 0) is 0 Å². The number of carbonyl (C=O) groups is 1. The van der Waals surface area contributed by atoms with Crippen molar-refractivity contribution in [3.05, 3.63) is 70.9 Å². The van der Waals surface area contributed by atoms with E-state index in [9.17, 15) is 4.79 Å². The second kappa shape index (κ2) is 8.52. The van der Waals surface area contributed by atoms with E-state index in [1.54, 1.807) is 0 Å².